The van der Waals surface area contributed by atoms with Crippen LogP contribution in [0.4, 0.5) is 20.5 Å². The minimum Gasteiger partial charge on any atom is -0.326 e. The van der Waals surface area contributed by atoms with Gasteiger partial charge in [-0.1, -0.05) is 6.07 Å². The van der Waals surface area contributed by atoms with E-state index in [1.165, 1.54) is 6.07 Å². The monoisotopic (exact) mass is 492 g/mol. The van der Waals surface area contributed by atoms with Crippen LogP contribution in [0.1, 0.15) is 44.2 Å². The second-order valence-electron chi connectivity index (χ2n) is 9.40. The van der Waals surface area contributed by atoms with Crippen LogP contribution in [0.15, 0.2) is 36.7 Å². The summed E-state index contributed by atoms with van der Waals surface area (Å²) >= 11 is 0. The van der Waals surface area contributed by atoms with Crippen LogP contribution >= 0.6 is 0 Å². The molecule has 36 heavy (non-hydrogen) atoms. The van der Waals surface area contributed by atoms with Crippen molar-refractivity contribution in [2.45, 2.75) is 39.8 Å². The molecule has 4 heterocycles. The Morgan fingerprint density at radius 2 is 1.75 bits per heavy atom. The Balaban J connectivity index is 1.41. The lowest BCUT2D eigenvalue weighted by Crippen LogP contribution is -2.44. The quantitative estimate of drug-likeness (QED) is 0.401. The first-order chi connectivity index (χ1) is 17.3. The molecular weight excluding hydrogens is 462 g/mol. The molecule has 1 aliphatic rings. The van der Waals surface area contributed by atoms with Gasteiger partial charge in [-0.15, -0.1) is 0 Å². The molecule has 1 unspecified atom stereocenters. The van der Waals surface area contributed by atoms with Gasteiger partial charge in [0.2, 0.25) is 5.95 Å². The lowest BCUT2D eigenvalue weighted by atomic mass is 10.1. The Labute approximate surface area is 208 Å². The van der Waals surface area contributed by atoms with Gasteiger partial charge in [-0.3, -0.25) is 4.90 Å². The molecule has 4 aromatic rings. The minimum atomic E-state index is -0.639. The second-order valence-corrected chi connectivity index (χ2v) is 9.40. The zero-order valence-electron chi connectivity index (χ0n) is 20.9. The molecule has 8 nitrogen and oxygen atoms in total. The first-order valence-electron chi connectivity index (χ1n) is 12.2. The number of benzene rings is 1. The van der Waals surface area contributed by atoms with Crippen molar-refractivity contribution in [2.75, 3.05) is 31.5 Å². The van der Waals surface area contributed by atoms with Crippen molar-refractivity contribution in [3.8, 4) is 11.3 Å². The second kappa shape index (κ2) is 9.87. The Hall–Kier alpha value is -3.50. The summed E-state index contributed by atoms with van der Waals surface area (Å²) in [6.45, 7) is 12.0. The van der Waals surface area contributed by atoms with Gasteiger partial charge in [0, 0.05) is 50.0 Å². The number of aromatic nitrogens is 5. The van der Waals surface area contributed by atoms with E-state index in [1.807, 2.05) is 43.7 Å². The van der Waals surface area contributed by atoms with Crippen LogP contribution in [-0.2, 0) is 0 Å². The van der Waals surface area contributed by atoms with Crippen molar-refractivity contribution in [3.05, 3.63) is 59.7 Å². The Morgan fingerprint density at radius 1 is 0.972 bits per heavy atom. The molecule has 1 fully saturated rings. The lowest BCUT2D eigenvalue weighted by molar-refractivity contribution is 0.185. The molecule has 188 valence electrons. The summed E-state index contributed by atoms with van der Waals surface area (Å²) in [6, 6.07) is 7.19. The number of piperazine rings is 1. The Kier molecular flexibility index (Phi) is 6.63. The number of pyridine rings is 1. The maximum Gasteiger partial charge on any atom is 0.229 e. The van der Waals surface area contributed by atoms with Crippen LogP contribution in [0.2, 0.25) is 0 Å². The van der Waals surface area contributed by atoms with Gasteiger partial charge in [-0.25, -0.2) is 28.7 Å². The third kappa shape index (κ3) is 4.66. The summed E-state index contributed by atoms with van der Waals surface area (Å²) in [5.41, 5.74) is 2.30. The fourth-order valence-electron chi connectivity index (χ4n) is 4.81. The molecule has 0 aliphatic carbocycles. The van der Waals surface area contributed by atoms with E-state index in [2.05, 4.69) is 42.4 Å². The lowest BCUT2D eigenvalue weighted by Gasteiger charge is -2.32. The highest BCUT2D eigenvalue weighted by Crippen LogP contribution is 2.30. The smallest absolute Gasteiger partial charge is 0.229 e. The maximum absolute atomic E-state index is 14.9. The largest absolute Gasteiger partial charge is 0.326 e. The number of aryl methyl sites for hydroxylation is 1. The predicted octanol–water partition coefficient (Wildman–Crippen LogP) is 4.77. The van der Waals surface area contributed by atoms with Gasteiger partial charge >= 0.3 is 0 Å². The van der Waals surface area contributed by atoms with Crippen molar-refractivity contribution >= 4 is 22.8 Å². The van der Waals surface area contributed by atoms with Gasteiger partial charge in [0.15, 0.2) is 11.6 Å². The van der Waals surface area contributed by atoms with Gasteiger partial charge in [0.05, 0.1) is 11.7 Å². The molecule has 0 spiro atoms. The van der Waals surface area contributed by atoms with E-state index in [9.17, 15) is 8.78 Å². The average molecular weight is 493 g/mol. The molecular formula is C26H30F2N8. The van der Waals surface area contributed by atoms with Gasteiger partial charge in [-0.2, -0.15) is 0 Å². The van der Waals surface area contributed by atoms with E-state index in [0.717, 1.165) is 37.9 Å². The summed E-state index contributed by atoms with van der Waals surface area (Å²) in [5.74, 6) is 0.255. The molecule has 1 atom stereocenters. The third-order valence-corrected chi connectivity index (χ3v) is 6.67. The number of nitrogens with one attached hydrogen (secondary N) is 2. The molecule has 5 rings (SSSR count). The van der Waals surface area contributed by atoms with Crippen LogP contribution in [-0.4, -0.2) is 55.6 Å². The van der Waals surface area contributed by atoms with E-state index in [1.54, 1.807) is 6.07 Å². The SMILES string of the molecule is Cc1nc2c(F)cc(-c3nc(Nc4ccc(C(C)N5CCNCC5)cn4)ncc3F)cc2n1C(C)C. The highest BCUT2D eigenvalue weighted by molar-refractivity contribution is 5.83. The number of fused-ring (bicyclic) bond motifs is 1. The number of rotatable bonds is 6. The predicted molar refractivity (Wildman–Crippen MR) is 136 cm³/mol. The van der Waals surface area contributed by atoms with Crippen molar-refractivity contribution in [1.29, 1.82) is 0 Å². The summed E-state index contributed by atoms with van der Waals surface area (Å²) in [7, 11) is 0. The van der Waals surface area contributed by atoms with Gasteiger partial charge in [0.1, 0.15) is 22.9 Å². The van der Waals surface area contributed by atoms with E-state index < -0.39 is 11.6 Å². The van der Waals surface area contributed by atoms with Crippen LogP contribution in [0, 0.1) is 18.6 Å². The highest BCUT2D eigenvalue weighted by atomic mass is 19.1. The van der Waals surface area contributed by atoms with E-state index in [4.69, 9.17) is 0 Å². The highest BCUT2D eigenvalue weighted by Gasteiger charge is 2.20. The number of hydrogen-bond acceptors (Lipinski definition) is 7. The van der Waals surface area contributed by atoms with Crippen LogP contribution in [0.5, 0.6) is 0 Å². The number of anilines is 2. The van der Waals surface area contributed by atoms with Crippen molar-refractivity contribution in [3.63, 3.8) is 0 Å². The molecule has 0 bridgehead atoms. The zero-order chi connectivity index (χ0) is 25.4. The molecule has 0 amide bonds. The average Bonchev–Trinajstić information content (AvgIpc) is 3.22. The van der Waals surface area contributed by atoms with Crippen LogP contribution in [0.3, 0.4) is 0 Å². The topological polar surface area (TPSA) is 83.8 Å². The first-order valence-corrected chi connectivity index (χ1v) is 12.2. The van der Waals surface area contributed by atoms with E-state index in [-0.39, 0.29) is 29.2 Å². The van der Waals surface area contributed by atoms with Crippen molar-refractivity contribution in [2.24, 2.45) is 0 Å². The molecule has 1 saturated heterocycles. The third-order valence-electron chi connectivity index (χ3n) is 6.67. The van der Waals surface area contributed by atoms with Crippen LogP contribution in [0.25, 0.3) is 22.3 Å². The standard InChI is InChI=1S/C26H30F2N8/c1-15(2)36-17(4)32-25-20(27)11-19(12-22(25)36)24-21(28)14-31-26(34-24)33-23-6-5-18(13-30-23)16(3)35-9-7-29-8-10-35/h5-6,11-16,29H,7-10H2,1-4H3,(H,30,31,33,34). The van der Waals surface area contributed by atoms with Gasteiger partial charge in [-0.05, 0) is 51.5 Å². The fourth-order valence-corrected chi connectivity index (χ4v) is 4.81. The number of halogens is 2. The maximum atomic E-state index is 14.9. The Morgan fingerprint density at radius 3 is 2.44 bits per heavy atom. The first kappa shape index (κ1) is 24.2. The molecule has 0 saturated carbocycles. The molecule has 10 heteroatoms. The van der Waals surface area contributed by atoms with Crippen LogP contribution < -0.4 is 10.6 Å². The molecule has 1 aromatic carbocycles. The van der Waals surface area contributed by atoms with E-state index in [0.29, 0.717) is 22.7 Å². The molecule has 2 N–H and O–H groups in total. The number of imidazole rings is 1. The molecule has 0 radical (unpaired) electrons. The summed E-state index contributed by atoms with van der Waals surface area (Å²) < 4.78 is 31.6. The van der Waals surface area contributed by atoms with E-state index >= 15 is 0 Å². The number of nitrogens with zero attached hydrogens (tertiary/aromatic N) is 6. The zero-order valence-corrected chi connectivity index (χ0v) is 20.9. The normalized spacial score (nSPS) is 15.5. The van der Waals surface area contributed by atoms with Crippen molar-refractivity contribution < 1.29 is 8.78 Å². The van der Waals surface area contributed by atoms with Gasteiger partial charge < -0.3 is 15.2 Å². The molecule has 3 aromatic heterocycles. The Bertz CT molecular complexity index is 1380. The summed E-state index contributed by atoms with van der Waals surface area (Å²) in [5, 5.41) is 6.40. The van der Waals surface area contributed by atoms with Gasteiger partial charge in [0.25, 0.3) is 0 Å². The van der Waals surface area contributed by atoms with Crippen molar-refractivity contribution in [1.82, 2.24) is 34.7 Å². The number of hydrogen-bond donors (Lipinski definition) is 2. The fraction of sp³-hybridized carbons (Fsp3) is 0.385. The minimum absolute atomic E-state index is 0.00593. The summed E-state index contributed by atoms with van der Waals surface area (Å²) in [4.78, 5) is 19.7. The molecule has 1 aliphatic heterocycles. The summed E-state index contributed by atoms with van der Waals surface area (Å²) in [6.07, 6.45) is 2.91.